The van der Waals surface area contributed by atoms with Gasteiger partial charge in [-0.1, -0.05) is 0 Å². The molecule has 0 saturated carbocycles. The Balaban J connectivity index is 2.18. The lowest BCUT2D eigenvalue weighted by Crippen LogP contribution is -2.35. The molecule has 0 amide bonds. The first-order valence-electron chi connectivity index (χ1n) is 6.21. The van der Waals surface area contributed by atoms with Crippen molar-refractivity contribution in [3.8, 4) is 0 Å². The zero-order valence-corrected chi connectivity index (χ0v) is 11.0. The summed E-state index contributed by atoms with van der Waals surface area (Å²) in [4.78, 5) is 22.6. The van der Waals surface area contributed by atoms with Gasteiger partial charge in [-0.15, -0.1) is 0 Å². The molecule has 1 atom stereocenters. The van der Waals surface area contributed by atoms with Crippen molar-refractivity contribution >= 4 is 17.2 Å². The number of aliphatic hydroxyl groups is 1. The van der Waals surface area contributed by atoms with Crippen LogP contribution in [0.4, 0.5) is 15.8 Å². The molecule has 1 unspecified atom stereocenters. The Morgan fingerprint density at radius 3 is 2.85 bits per heavy atom. The van der Waals surface area contributed by atoms with Crippen LogP contribution in [0.25, 0.3) is 0 Å². The number of rotatable bonds is 4. The van der Waals surface area contributed by atoms with Crippen molar-refractivity contribution in [1.29, 1.82) is 0 Å². The van der Waals surface area contributed by atoms with Gasteiger partial charge < -0.3 is 10.0 Å². The molecular formula is C13H15FN2O4. The molecule has 1 fully saturated rings. The summed E-state index contributed by atoms with van der Waals surface area (Å²) in [5.41, 5.74) is -1.26. The molecule has 2 rings (SSSR count). The second-order valence-electron chi connectivity index (χ2n) is 5.17. The molecule has 0 spiro atoms. The van der Waals surface area contributed by atoms with Crippen molar-refractivity contribution in [1.82, 2.24) is 0 Å². The van der Waals surface area contributed by atoms with E-state index in [-0.39, 0.29) is 30.1 Å². The Hall–Kier alpha value is -2.02. The van der Waals surface area contributed by atoms with Gasteiger partial charge in [-0.25, -0.2) is 4.39 Å². The summed E-state index contributed by atoms with van der Waals surface area (Å²) in [6.07, 6.45) is 0.390. The normalized spacial score (nSPS) is 22.1. The second-order valence-corrected chi connectivity index (χ2v) is 5.17. The third-order valence-electron chi connectivity index (χ3n) is 3.39. The molecule has 0 radical (unpaired) electrons. The summed E-state index contributed by atoms with van der Waals surface area (Å²) >= 11 is 0. The van der Waals surface area contributed by atoms with E-state index in [9.17, 15) is 24.4 Å². The maximum atomic E-state index is 13.9. The fraction of sp³-hybridized carbons (Fsp3) is 0.462. The van der Waals surface area contributed by atoms with Crippen LogP contribution in [-0.2, 0) is 4.79 Å². The molecule has 0 bridgehead atoms. The number of carbonyl (C=O) groups excluding carboxylic acids is 1. The Kier molecular flexibility index (Phi) is 3.71. The number of nitro groups is 1. The first-order valence-corrected chi connectivity index (χ1v) is 6.21. The van der Waals surface area contributed by atoms with Gasteiger partial charge in [-0.2, -0.15) is 0 Å². The van der Waals surface area contributed by atoms with E-state index in [1.807, 2.05) is 0 Å². The number of non-ortho nitro benzene ring substituents is 1. The lowest BCUT2D eigenvalue weighted by molar-refractivity contribution is -0.385. The number of benzene rings is 1. The number of nitrogens with zero attached hydrogens (tertiary/aromatic N) is 2. The monoisotopic (exact) mass is 282 g/mol. The van der Waals surface area contributed by atoms with E-state index in [0.717, 1.165) is 6.07 Å². The quantitative estimate of drug-likeness (QED) is 0.670. The summed E-state index contributed by atoms with van der Waals surface area (Å²) in [5, 5.41) is 20.8. The fourth-order valence-corrected chi connectivity index (χ4v) is 2.54. The number of hydrogen-bond donors (Lipinski definition) is 1. The van der Waals surface area contributed by atoms with Crippen LogP contribution in [0.5, 0.6) is 0 Å². The molecule has 0 aromatic heterocycles. The van der Waals surface area contributed by atoms with Gasteiger partial charge in [0.2, 0.25) is 0 Å². The highest BCUT2D eigenvalue weighted by atomic mass is 19.1. The van der Waals surface area contributed by atoms with E-state index >= 15 is 0 Å². The molecule has 1 aromatic carbocycles. The molecule has 7 heteroatoms. The second kappa shape index (κ2) is 5.16. The summed E-state index contributed by atoms with van der Waals surface area (Å²) < 4.78 is 13.9. The standard InChI is InChI=1S/C13H15FN2O4/c1-9(17)7-13(18)4-5-15(8-13)12-3-2-10(16(19)20)6-11(12)14/h2-3,6,18H,4-5,7-8H2,1H3. The largest absolute Gasteiger partial charge is 0.388 e. The van der Waals surface area contributed by atoms with Crippen LogP contribution < -0.4 is 4.90 Å². The van der Waals surface area contributed by atoms with Crippen molar-refractivity contribution in [2.75, 3.05) is 18.0 Å². The SMILES string of the molecule is CC(=O)CC1(O)CCN(c2ccc([N+](=O)[O-])cc2F)C1. The predicted octanol–water partition coefficient (Wildman–Crippen LogP) is 1.65. The first-order chi connectivity index (χ1) is 9.31. The lowest BCUT2D eigenvalue weighted by atomic mass is 9.97. The van der Waals surface area contributed by atoms with E-state index < -0.39 is 16.3 Å². The van der Waals surface area contributed by atoms with E-state index in [1.54, 1.807) is 4.90 Å². The van der Waals surface area contributed by atoms with E-state index in [2.05, 4.69) is 0 Å². The van der Waals surface area contributed by atoms with Crippen LogP contribution in [0.3, 0.4) is 0 Å². The van der Waals surface area contributed by atoms with Crippen LogP contribution in [0.1, 0.15) is 19.8 Å². The molecule has 1 saturated heterocycles. The number of ketones is 1. The minimum absolute atomic E-state index is 0.0259. The van der Waals surface area contributed by atoms with Gasteiger partial charge in [-0.3, -0.25) is 14.9 Å². The number of Topliss-reactive ketones (excluding diaryl/α,β-unsaturated/α-hetero) is 1. The lowest BCUT2D eigenvalue weighted by Gasteiger charge is -2.23. The minimum Gasteiger partial charge on any atom is -0.388 e. The molecule has 1 heterocycles. The van der Waals surface area contributed by atoms with Crippen LogP contribution >= 0.6 is 0 Å². The molecule has 108 valence electrons. The third-order valence-corrected chi connectivity index (χ3v) is 3.39. The Morgan fingerprint density at radius 1 is 1.60 bits per heavy atom. The number of nitro benzene ring substituents is 1. The predicted molar refractivity (Wildman–Crippen MR) is 70.1 cm³/mol. The van der Waals surface area contributed by atoms with Crippen molar-refractivity contribution < 1.29 is 19.2 Å². The van der Waals surface area contributed by atoms with Crippen molar-refractivity contribution in [3.63, 3.8) is 0 Å². The Bertz CT molecular complexity index is 563. The van der Waals surface area contributed by atoms with Crippen molar-refractivity contribution in [3.05, 3.63) is 34.1 Å². The molecule has 1 aliphatic rings. The Morgan fingerprint density at radius 2 is 2.30 bits per heavy atom. The molecule has 1 aromatic rings. The summed E-state index contributed by atoms with van der Waals surface area (Å²) in [7, 11) is 0. The zero-order valence-electron chi connectivity index (χ0n) is 11.0. The van der Waals surface area contributed by atoms with Crippen LogP contribution in [0.2, 0.25) is 0 Å². The van der Waals surface area contributed by atoms with Crippen molar-refractivity contribution in [2.45, 2.75) is 25.4 Å². The Labute approximate surface area is 115 Å². The maximum Gasteiger partial charge on any atom is 0.272 e. The topological polar surface area (TPSA) is 83.7 Å². The number of halogens is 1. The number of hydrogen-bond acceptors (Lipinski definition) is 5. The van der Waals surface area contributed by atoms with Gasteiger partial charge in [0.1, 0.15) is 5.78 Å². The van der Waals surface area contributed by atoms with E-state index in [1.165, 1.54) is 19.1 Å². The smallest absolute Gasteiger partial charge is 0.272 e. The van der Waals surface area contributed by atoms with Crippen molar-refractivity contribution in [2.24, 2.45) is 0 Å². The number of β-amino-alcohol motifs (C(OH)–C–C–N with tert-alkyl or cyclic N) is 1. The highest BCUT2D eigenvalue weighted by molar-refractivity contribution is 5.77. The highest BCUT2D eigenvalue weighted by Crippen LogP contribution is 2.32. The van der Waals surface area contributed by atoms with Gasteiger partial charge in [0.15, 0.2) is 5.82 Å². The molecular weight excluding hydrogens is 267 g/mol. The van der Waals surface area contributed by atoms with Gasteiger partial charge >= 0.3 is 0 Å². The number of anilines is 1. The van der Waals surface area contributed by atoms with Crippen LogP contribution in [0.15, 0.2) is 18.2 Å². The van der Waals surface area contributed by atoms with Gasteiger partial charge in [-0.05, 0) is 19.4 Å². The van der Waals surface area contributed by atoms with E-state index in [0.29, 0.717) is 13.0 Å². The van der Waals surface area contributed by atoms with Gasteiger partial charge in [0.25, 0.3) is 5.69 Å². The maximum absolute atomic E-state index is 13.9. The van der Waals surface area contributed by atoms with Crippen LogP contribution in [0, 0.1) is 15.9 Å². The average Bonchev–Trinajstić information content (AvgIpc) is 2.69. The zero-order chi connectivity index (χ0) is 14.9. The third kappa shape index (κ3) is 2.93. The van der Waals surface area contributed by atoms with E-state index in [4.69, 9.17) is 0 Å². The molecule has 1 N–H and O–H groups in total. The molecule has 6 nitrogen and oxygen atoms in total. The fourth-order valence-electron chi connectivity index (χ4n) is 2.54. The molecule has 20 heavy (non-hydrogen) atoms. The highest BCUT2D eigenvalue weighted by Gasteiger charge is 2.38. The summed E-state index contributed by atoms with van der Waals surface area (Å²) in [6.45, 7) is 1.94. The summed E-state index contributed by atoms with van der Waals surface area (Å²) in [6, 6.07) is 3.41. The first kappa shape index (κ1) is 14.4. The number of carbonyl (C=O) groups is 1. The summed E-state index contributed by atoms with van der Waals surface area (Å²) in [5.74, 6) is -0.829. The van der Waals surface area contributed by atoms with Gasteiger partial charge in [0.05, 0.1) is 22.3 Å². The average molecular weight is 282 g/mol. The van der Waals surface area contributed by atoms with Crippen LogP contribution in [-0.4, -0.2) is 34.5 Å². The minimum atomic E-state index is -1.15. The van der Waals surface area contributed by atoms with Gasteiger partial charge in [0, 0.05) is 25.6 Å². The molecule has 0 aliphatic carbocycles. The molecule has 1 aliphatic heterocycles.